The molecular formula is C28H25BrClN3O3. The number of anilines is 1. The number of carbonyl (C=O) groups is 1. The van der Waals surface area contributed by atoms with Gasteiger partial charge in [-0.2, -0.15) is 0 Å². The van der Waals surface area contributed by atoms with Crippen molar-refractivity contribution >= 4 is 39.1 Å². The highest BCUT2D eigenvalue weighted by Gasteiger charge is 2.11. The van der Waals surface area contributed by atoms with Crippen LogP contribution in [0.2, 0.25) is 5.02 Å². The number of halogens is 2. The second-order valence-electron chi connectivity index (χ2n) is 8.01. The van der Waals surface area contributed by atoms with Gasteiger partial charge in [0.25, 0.3) is 5.91 Å². The SMILES string of the molecule is O=C(Nc1ccc(Cl)c(-c2ccccn2)c1)c1cccc(COc2ccc(Br)cc2CNCCO)c1. The largest absolute Gasteiger partial charge is 0.489 e. The van der Waals surface area contributed by atoms with E-state index in [-0.39, 0.29) is 12.5 Å². The number of nitrogens with zero attached hydrogens (tertiary/aromatic N) is 1. The van der Waals surface area contributed by atoms with Crippen molar-refractivity contribution in [1.82, 2.24) is 10.3 Å². The summed E-state index contributed by atoms with van der Waals surface area (Å²) in [4.78, 5) is 17.3. The quantitative estimate of drug-likeness (QED) is 0.203. The zero-order valence-corrected chi connectivity index (χ0v) is 21.7. The van der Waals surface area contributed by atoms with E-state index < -0.39 is 0 Å². The molecule has 0 aliphatic rings. The van der Waals surface area contributed by atoms with Crippen molar-refractivity contribution in [2.75, 3.05) is 18.5 Å². The van der Waals surface area contributed by atoms with Crippen LogP contribution in [0.3, 0.4) is 0 Å². The Kier molecular flexibility index (Phi) is 9.08. The van der Waals surface area contributed by atoms with Gasteiger partial charge in [-0.1, -0.05) is 45.7 Å². The molecule has 0 saturated heterocycles. The van der Waals surface area contributed by atoms with Crippen molar-refractivity contribution in [3.8, 4) is 17.0 Å². The number of hydrogen-bond donors (Lipinski definition) is 3. The molecule has 0 atom stereocenters. The second kappa shape index (κ2) is 12.6. The van der Waals surface area contributed by atoms with Crippen molar-refractivity contribution < 1.29 is 14.6 Å². The van der Waals surface area contributed by atoms with Crippen LogP contribution in [-0.4, -0.2) is 29.1 Å². The Morgan fingerprint density at radius 1 is 1.03 bits per heavy atom. The Bertz CT molecular complexity index is 1330. The average molecular weight is 567 g/mol. The van der Waals surface area contributed by atoms with Crippen molar-refractivity contribution in [3.63, 3.8) is 0 Å². The van der Waals surface area contributed by atoms with Gasteiger partial charge in [0.05, 0.1) is 17.3 Å². The van der Waals surface area contributed by atoms with Gasteiger partial charge in [0.1, 0.15) is 12.4 Å². The molecule has 4 rings (SSSR count). The highest BCUT2D eigenvalue weighted by atomic mass is 79.9. The van der Waals surface area contributed by atoms with E-state index in [0.717, 1.165) is 32.6 Å². The molecule has 6 nitrogen and oxygen atoms in total. The van der Waals surface area contributed by atoms with E-state index in [0.29, 0.717) is 36.0 Å². The van der Waals surface area contributed by atoms with Crippen LogP contribution in [0.25, 0.3) is 11.3 Å². The molecule has 1 amide bonds. The molecule has 0 radical (unpaired) electrons. The Balaban J connectivity index is 1.44. The number of aliphatic hydroxyl groups is 1. The molecule has 0 saturated carbocycles. The molecule has 36 heavy (non-hydrogen) atoms. The number of carbonyl (C=O) groups excluding carboxylic acids is 1. The average Bonchev–Trinajstić information content (AvgIpc) is 2.90. The Morgan fingerprint density at radius 3 is 2.72 bits per heavy atom. The van der Waals surface area contributed by atoms with Gasteiger partial charge in [0, 0.05) is 46.1 Å². The minimum atomic E-state index is -0.233. The third-order valence-electron chi connectivity index (χ3n) is 5.38. The van der Waals surface area contributed by atoms with Crippen LogP contribution < -0.4 is 15.4 Å². The number of aliphatic hydroxyl groups excluding tert-OH is 1. The fraction of sp³-hybridized carbons (Fsp3) is 0.143. The Labute approximate surface area is 223 Å². The first-order valence-corrected chi connectivity index (χ1v) is 12.5. The monoisotopic (exact) mass is 565 g/mol. The molecule has 8 heteroatoms. The van der Waals surface area contributed by atoms with Gasteiger partial charge in [-0.15, -0.1) is 0 Å². The van der Waals surface area contributed by atoms with Crippen LogP contribution in [0.4, 0.5) is 5.69 Å². The smallest absolute Gasteiger partial charge is 0.255 e. The first-order valence-electron chi connectivity index (χ1n) is 11.4. The second-order valence-corrected chi connectivity index (χ2v) is 9.33. The summed E-state index contributed by atoms with van der Waals surface area (Å²) >= 11 is 9.85. The number of hydrogen-bond acceptors (Lipinski definition) is 5. The fourth-order valence-corrected chi connectivity index (χ4v) is 4.24. The lowest BCUT2D eigenvalue weighted by molar-refractivity contribution is 0.102. The maximum absolute atomic E-state index is 13.0. The molecule has 0 aliphatic heterocycles. The van der Waals surface area contributed by atoms with Crippen LogP contribution >= 0.6 is 27.5 Å². The van der Waals surface area contributed by atoms with Gasteiger partial charge in [-0.3, -0.25) is 9.78 Å². The van der Waals surface area contributed by atoms with Crippen LogP contribution in [0.1, 0.15) is 21.5 Å². The zero-order valence-electron chi connectivity index (χ0n) is 19.4. The van der Waals surface area contributed by atoms with Crippen LogP contribution in [0.15, 0.2) is 89.5 Å². The summed E-state index contributed by atoms with van der Waals surface area (Å²) in [5, 5.41) is 15.7. The number of benzene rings is 3. The molecule has 0 fully saturated rings. The van der Waals surface area contributed by atoms with E-state index in [1.165, 1.54) is 0 Å². The Morgan fingerprint density at radius 2 is 1.92 bits per heavy atom. The van der Waals surface area contributed by atoms with E-state index in [2.05, 4.69) is 31.5 Å². The van der Waals surface area contributed by atoms with Gasteiger partial charge in [0.15, 0.2) is 0 Å². The van der Waals surface area contributed by atoms with Gasteiger partial charge in [0.2, 0.25) is 0 Å². The molecule has 0 unspecified atom stereocenters. The molecule has 3 N–H and O–H groups in total. The van der Waals surface area contributed by atoms with Crippen LogP contribution in [0.5, 0.6) is 5.75 Å². The van der Waals surface area contributed by atoms with E-state index in [1.807, 2.05) is 60.7 Å². The molecule has 1 heterocycles. The highest BCUT2D eigenvalue weighted by Crippen LogP contribution is 2.29. The number of nitrogens with one attached hydrogen (secondary N) is 2. The lowest BCUT2D eigenvalue weighted by atomic mass is 10.1. The molecule has 3 aromatic carbocycles. The topological polar surface area (TPSA) is 83.5 Å². The highest BCUT2D eigenvalue weighted by molar-refractivity contribution is 9.10. The maximum Gasteiger partial charge on any atom is 0.255 e. The van der Waals surface area contributed by atoms with E-state index >= 15 is 0 Å². The van der Waals surface area contributed by atoms with E-state index in [9.17, 15) is 4.79 Å². The molecule has 4 aromatic rings. The number of rotatable bonds is 10. The summed E-state index contributed by atoms with van der Waals surface area (Å²) in [6, 6.07) is 24.0. The van der Waals surface area contributed by atoms with Gasteiger partial charge < -0.3 is 20.5 Å². The Hall–Kier alpha value is -3.23. The summed E-state index contributed by atoms with van der Waals surface area (Å²) in [5.74, 6) is 0.505. The minimum absolute atomic E-state index is 0.0690. The van der Waals surface area contributed by atoms with Crippen molar-refractivity contribution in [3.05, 3.63) is 111 Å². The molecule has 0 aliphatic carbocycles. The minimum Gasteiger partial charge on any atom is -0.489 e. The summed E-state index contributed by atoms with van der Waals surface area (Å²) in [7, 11) is 0. The van der Waals surface area contributed by atoms with Crippen molar-refractivity contribution in [1.29, 1.82) is 0 Å². The summed E-state index contributed by atoms with van der Waals surface area (Å²) in [6.07, 6.45) is 1.70. The number of amides is 1. The van der Waals surface area contributed by atoms with Gasteiger partial charge in [-0.25, -0.2) is 0 Å². The van der Waals surface area contributed by atoms with Crippen molar-refractivity contribution in [2.24, 2.45) is 0 Å². The first-order chi connectivity index (χ1) is 17.5. The predicted octanol–water partition coefficient (Wildman–Crippen LogP) is 6.08. The molecule has 184 valence electrons. The lowest BCUT2D eigenvalue weighted by Crippen LogP contribution is -2.18. The molecule has 0 spiro atoms. The van der Waals surface area contributed by atoms with E-state index in [4.69, 9.17) is 21.4 Å². The van der Waals surface area contributed by atoms with Gasteiger partial charge in [-0.05, 0) is 66.2 Å². The predicted molar refractivity (Wildman–Crippen MR) is 146 cm³/mol. The standard InChI is InChI=1S/C28H25BrClN3O3/c29-22-7-10-27(21(15-22)17-31-12-13-34)36-18-19-4-3-5-20(14-19)28(35)33-23-8-9-25(30)24(16-23)26-6-1-2-11-32-26/h1-11,14-16,31,34H,12-13,17-18H2,(H,33,35). The fourth-order valence-electron chi connectivity index (χ4n) is 3.62. The first kappa shape index (κ1) is 25.9. The molecule has 0 bridgehead atoms. The normalized spacial score (nSPS) is 10.8. The number of pyridine rings is 1. The summed E-state index contributed by atoms with van der Waals surface area (Å²) in [6.45, 7) is 1.44. The van der Waals surface area contributed by atoms with Crippen LogP contribution in [0, 0.1) is 0 Å². The lowest BCUT2D eigenvalue weighted by Gasteiger charge is -2.13. The summed E-state index contributed by atoms with van der Waals surface area (Å²) in [5.41, 5.74) is 4.46. The maximum atomic E-state index is 13.0. The number of aromatic nitrogens is 1. The number of ether oxygens (including phenoxy) is 1. The zero-order chi connectivity index (χ0) is 25.3. The molecule has 1 aromatic heterocycles. The third-order valence-corrected chi connectivity index (χ3v) is 6.20. The molecular weight excluding hydrogens is 542 g/mol. The van der Waals surface area contributed by atoms with Crippen molar-refractivity contribution in [2.45, 2.75) is 13.2 Å². The van der Waals surface area contributed by atoms with Crippen LogP contribution in [-0.2, 0) is 13.2 Å². The van der Waals surface area contributed by atoms with Gasteiger partial charge >= 0.3 is 0 Å². The third kappa shape index (κ3) is 6.92. The summed E-state index contributed by atoms with van der Waals surface area (Å²) < 4.78 is 7.01. The van der Waals surface area contributed by atoms with E-state index in [1.54, 1.807) is 24.4 Å².